The number of carboxylic acid groups (broad SMARTS) is 1. The number of carbonyl (C=O) groups is 1. The van der Waals surface area contributed by atoms with Crippen LogP contribution in [0.3, 0.4) is 0 Å². The molecule has 0 heterocycles. The van der Waals surface area contributed by atoms with Crippen LogP contribution in [0.2, 0.25) is 0 Å². The van der Waals surface area contributed by atoms with Crippen LogP contribution in [0.4, 0.5) is 0 Å². The minimum absolute atomic E-state index is 0.0724. The van der Waals surface area contributed by atoms with Crippen molar-refractivity contribution in [3.8, 4) is 0 Å². The summed E-state index contributed by atoms with van der Waals surface area (Å²) in [6, 6.07) is 0. The Morgan fingerprint density at radius 1 is 1.83 bits per heavy atom. The number of rotatable bonds is 2. The molecule has 0 aromatic heterocycles. The number of hydrogen-bond acceptors (Lipinski definition) is 1. The molecule has 1 aliphatic rings. The fourth-order valence-electron chi connectivity index (χ4n) is 1.12. The second kappa shape index (κ2) is 3.76. The van der Waals surface area contributed by atoms with E-state index in [0.29, 0.717) is 5.92 Å². The smallest absolute Gasteiger partial charge is 0.307 e. The Balaban J connectivity index is 2.65. The quantitative estimate of drug-likeness (QED) is 0.720. The highest BCUT2D eigenvalue weighted by Crippen LogP contribution is 2.27. The summed E-state index contributed by atoms with van der Waals surface area (Å²) in [6.07, 6.45) is 4.61. The van der Waals surface area contributed by atoms with Crippen LogP contribution in [-0.2, 0) is 4.79 Å². The monoisotopic (exact) mass is 186 g/mol. The number of allylic oxidation sites excluding steroid dienone is 3. The summed E-state index contributed by atoms with van der Waals surface area (Å²) in [6.45, 7) is 2.02. The highest BCUT2D eigenvalue weighted by Gasteiger charge is 2.12. The Morgan fingerprint density at radius 2 is 2.50 bits per heavy atom. The predicted octanol–water partition coefficient (Wildman–Crippen LogP) is 2.55. The molecule has 1 aliphatic carbocycles. The van der Waals surface area contributed by atoms with Gasteiger partial charge in [-0.3, -0.25) is 4.79 Å². The lowest BCUT2D eigenvalue weighted by molar-refractivity contribution is -0.136. The highest BCUT2D eigenvalue weighted by atomic mass is 35.5. The first-order chi connectivity index (χ1) is 5.59. The molecule has 0 radical (unpaired) electrons. The van der Waals surface area contributed by atoms with E-state index in [0.717, 1.165) is 17.0 Å². The Bertz CT molecular complexity index is 253. The topological polar surface area (TPSA) is 37.3 Å². The third-order valence-corrected chi connectivity index (χ3v) is 2.36. The van der Waals surface area contributed by atoms with Gasteiger partial charge in [-0.2, -0.15) is 0 Å². The highest BCUT2D eigenvalue weighted by molar-refractivity contribution is 6.30. The molecule has 0 aromatic carbocycles. The lowest BCUT2D eigenvalue weighted by Crippen LogP contribution is -2.03. The van der Waals surface area contributed by atoms with Gasteiger partial charge in [0.25, 0.3) is 0 Å². The van der Waals surface area contributed by atoms with Gasteiger partial charge in [-0.15, -0.1) is 0 Å². The van der Waals surface area contributed by atoms with Gasteiger partial charge in [0.05, 0.1) is 6.42 Å². The molecule has 1 atom stereocenters. The maximum absolute atomic E-state index is 10.3. The van der Waals surface area contributed by atoms with Gasteiger partial charge in [0.2, 0.25) is 0 Å². The largest absolute Gasteiger partial charge is 0.481 e. The SMILES string of the molecule is CC1CC=C(CC(=O)O)C=C1Cl. The van der Waals surface area contributed by atoms with Crippen molar-refractivity contribution in [1.82, 2.24) is 0 Å². The predicted molar refractivity (Wildman–Crippen MR) is 48.1 cm³/mol. The number of carboxylic acids is 1. The average molecular weight is 187 g/mol. The van der Waals surface area contributed by atoms with Crippen molar-refractivity contribution in [3.05, 3.63) is 22.8 Å². The summed E-state index contributed by atoms with van der Waals surface area (Å²) in [7, 11) is 0. The van der Waals surface area contributed by atoms with Crippen LogP contribution in [0.1, 0.15) is 19.8 Å². The molecule has 1 rings (SSSR count). The molecule has 0 fully saturated rings. The molecule has 1 N–H and O–H groups in total. The van der Waals surface area contributed by atoms with Crippen LogP contribution in [0.25, 0.3) is 0 Å². The lowest BCUT2D eigenvalue weighted by atomic mass is 9.97. The van der Waals surface area contributed by atoms with Crippen molar-refractivity contribution >= 4 is 17.6 Å². The second-order valence-corrected chi connectivity index (χ2v) is 3.45. The molecule has 0 spiro atoms. The zero-order valence-electron chi connectivity index (χ0n) is 6.88. The molecular weight excluding hydrogens is 176 g/mol. The van der Waals surface area contributed by atoms with E-state index in [4.69, 9.17) is 16.7 Å². The Labute approximate surface area is 76.5 Å². The Hall–Kier alpha value is -0.760. The summed E-state index contributed by atoms with van der Waals surface area (Å²) in [5.74, 6) is -0.472. The molecule has 0 amide bonds. The van der Waals surface area contributed by atoms with Crippen molar-refractivity contribution < 1.29 is 9.90 Å². The molecular formula is C9H11ClO2. The van der Waals surface area contributed by atoms with E-state index in [1.54, 1.807) is 6.08 Å². The minimum atomic E-state index is -0.809. The van der Waals surface area contributed by atoms with Crippen LogP contribution in [-0.4, -0.2) is 11.1 Å². The number of aliphatic carboxylic acids is 1. The van der Waals surface area contributed by atoms with E-state index in [9.17, 15) is 4.79 Å². The first-order valence-electron chi connectivity index (χ1n) is 3.87. The van der Waals surface area contributed by atoms with Gasteiger partial charge in [0, 0.05) is 5.03 Å². The normalized spacial score (nSPS) is 23.0. The average Bonchev–Trinajstić information content (AvgIpc) is 1.96. The van der Waals surface area contributed by atoms with Crippen molar-refractivity contribution in [1.29, 1.82) is 0 Å². The molecule has 0 bridgehead atoms. The van der Waals surface area contributed by atoms with Gasteiger partial charge in [0.15, 0.2) is 0 Å². The van der Waals surface area contributed by atoms with Gasteiger partial charge >= 0.3 is 5.97 Å². The maximum atomic E-state index is 10.3. The summed E-state index contributed by atoms with van der Waals surface area (Å²) in [4.78, 5) is 10.3. The van der Waals surface area contributed by atoms with Crippen LogP contribution >= 0.6 is 11.6 Å². The molecule has 1 unspecified atom stereocenters. The van der Waals surface area contributed by atoms with Crippen LogP contribution in [0.15, 0.2) is 22.8 Å². The lowest BCUT2D eigenvalue weighted by Gasteiger charge is -2.14. The third kappa shape index (κ3) is 2.38. The Kier molecular flexibility index (Phi) is 2.93. The van der Waals surface area contributed by atoms with Gasteiger partial charge < -0.3 is 5.11 Å². The molecule has 0 saturated heterocycles. The van der Waals surface area contributed by atoms with Crippen LogP contribution < -0.4 is 0 Å². The van der Waals surface area contributed by atoms with Crippen molar-refractivity contribution in [2.75, 3.05) is 0 Å². The van der Waals surface area contributed by atoms with Crippen molar-refractivity contribution in [2.24, 2.45) is 5.92 Å². The van der Waals surface area contributed by atoms with Gasteiger partial charge in [0.1, 0.15) is 0 Å². The molecule has 66 valence electrons. The fraction of sp³-hybridized carbons (Fsp3) is 0.444. The first kappa shape index (κ1) is 9.33. The van der Waals surface area contributed by atoms with Gasteiger partial charge in [-0.1, -0.05) is 24.6 Å². The molecule has 3 heteroatoms. The first-order valence-corrected chi connectivity index (χ1v) is 4.25. The summed E-state index contributed by atoms with van der Waals surface area (Å²) in [5.41, 5.74) is 0.811. The summed E-state index contributed by atoms with van der Waals surface area (Å²) < 4.78 is 0. The van der Waals surface area contributed by atoms with E-state index >= 15 is 0 Å². The van der Waals surface area contributed by atoms with E-state index in [2.05, 4.69) is 0 Å². The van der Waals surface area contributed by atoms with Crippen molar-refractivity contribution in [3.63, 3.8) is 0 Å². The van der Waals surface area contributed by atoms with E-state index < -0.39 is 5.97 Å². The Morgan fingerprint density at radius 3 is 3.00 bits per heavy atom. The van der Waals surface area contributed by atoms with Gasteiger partial charge in [-0.05, 0) is 24.0 Å². The molecule has 0 aliphatic heterocycles. The zero-order chi connectivity index (χ0) is 9.14. The summed E-state index contributed by atoms with van der Waals surface area (Å²) in [5, 5.41) is 9.26. The summed E-state index contributed by atoms with van der Waals surface area (Å²) >= 11 is 5.87. The minimum Gasteiger partial charge on any atom is -0.481 e. The van der Waals surface area contributed by atoms with Crippen LogP contribution in [0, 0.1) is 5.92 Å². The molecule has 0 aromatic rings. The third-order valence-electron chi connectivity index (χ3n) is 1.88. The zero-order valence-corrected chi connectivity index (χ0v) is 7.64. The standard InChI is InChI=1S/C9H11ClO2/c1-6-2-3-7(4-8(6)10)5-9(11)12/h3-4,6H,2,5H2,1H3,(H,11,12). The molecule has 2 nitrogen and oxygen atoms in total. The van der Waals surface area contributed by atoms with E-state index in [1.807, 2.05) is 13.0 Å². The van der Waals surface area contributed by atoms with Gasteiger partial charge in [-0.25, -0.2) is 0 Å². The molecule has 12 heavy (non-hydrogen) atoms. The van der Waals surface area contributed by atoms with E-state index in [1.165, 1.54) is 0 Å². The number of halogens is 1. The van der Waals surface area contributed by atoms with Crippen LogP contribution in [0.5, 0.6) is 0 Å². The second-order valence-electron chi connectivity index (χ2n) is 3.02. The molecule has 0 saturated carbocycles. The van der Waals surface area contributed by atoms with Crippen molar-refractivity contribution in [2.45, 2.75) is 19.8 Å². The maximum Gasteiger partial charge on any atom is 0.307 e. The number of hydrogen-bond donors (Lipinski definition) is 1. The fourth-order valence-corrected chi connectivity index (χ4v) is 1.35. The van der Waals surface area contributed by atoms with E-state index in [-0.39, 0.29) is 6.42 Å².